The van der Waals surface area contributed by atoms with Crippen molar-refractivity contribution in [3.05, 3.63) is 29.8 Å². The maximum absolute atomic E-state index is 13.8. The highest BCUT2D eigenvalue weighted by atomic mass is 19.4. The van der Waals surface area contributed by atoms with Gasteiger partial charge in [-0.15, -0.1) is 0 Å². The predicted octanol–water partition coefficient (Wildman–Crippen LogP) is 6.19. The van der Waals surface area contributed by atoms with Crippen molar-refractivity contribution >= 4 is 11.6 Å². The smallest absolute Gasteiger partial charge is 0.320 e. The molecule has 0 heterocycles. The number of halogens is 12. The number of alkyl halides is 12. The van der Waals surface area contributed by atoms with Crippen LogP contribution in [-0.4, -0.2) is 41.9 Å². The van der Waals surface area contributed by atoms with Crippen molar-refractivity contribution < 1.29 is 57.5 Å². The Labute approximate surface area is 161 Å². The summed E-state index contributed by atoms with van der Waals surface area (Å²) in [6.07, 6.45) is -5.60. The molecule has 0 radical (unpaired) electrons. The number of para-hydroxylation sites is 1. The van der Waals surface area contributed by atoms with Crippen LogP contribution in [0.15, 0.2) is 24.3 Å². The summed E-state index contributed by atoms with van der Waals surface area (Å²) < 4.78 is 158. The Morgan fingerprint density at radius 2 is 1.27 bits per heavy atom. The van der Waals surface area contributed by atoms with Gasteiger partial charge in [0.2, 0.25) is 0 Å². The molecule has 172 valence electrons. The van der Waals surface area contributed by atoms with Gasteiger partial charge in [-0.25, -0.2) is 8.78 Å². The number of nitrogens with one attached hydrogen (secondary N) is 1. The molecule has 0 saturated heterocycles. The summed E-state index contributed by atoms with van der Waals surface area (Å²) in [4.78, 5) is 11.6. The molecule has 1 aromatic rings. The molecule has 0 unspecified atom stereocenters. The van der Waals surface area contributed by atoms with E-state index in [-0.39, 0.29) is 5.56 Å². The fourth-order valence-electron chi connectivity index (χ4n) is 2.20. The van der Waals surface area contributed by atoms with Crippen molar-refractivity contribution in [1.82, 2.24) is 0 Å². The minimum Gasteiger partial charge on any atom is -0.320 e. The van der Waals surface area contributed by atoms with Gasteiger partial charge in [0, 0.05) is 5.69 Å². The van der Waals surface area contributed by atoms with Crippen molar-refractivity contribution in [3.63, 3.8) is 0 Å². The maximum atomic E-state index is 13.8. The number of hydrogen-bond donors (Lipinski definition) is 1. The number of carbonyl (C=O) groups excluding carboxylic acids is 1. The quantitative estimate of drug-likeness (QED) is 0.458. The van der Waals surface area contributed by atoms with E-state index in [4.69, 9.17) is 0 Å². The molecule has 0 aliphatic carbocycles. The average Bonchev–Trinajstić information content (AvgIpc) is 2.60. The lowest BCUT2D eigenvalue weighted by Gasteiger charge is -2.38. The summed E-state index contributed by atoms with van der Waals surface area (Å²) in [5.74, 6) is -40.5. The third-order valence-electron chi connectivity index (χ3n) is 3.99. The molecule has 14 heteroatoms. The molecule has 1 aromatic carbocycles. The fourth-order valence-corrected chi connectivity index (χ4v) is 2.20. The van der Waals surface area contributed by atoms with Gasteiger partial charge >= 0.3 is 41.9 Å². The van der Waals surface area contributed by atoms with E-state index in [2.05, 4.69) is 0 Å². The van der Waals surface area contributed by atoms with Crippen LogP contribution in [0.4, 0.5) is 58.4 Å². The zero-order valence-electron chi connectivity index (χ0n) is 14.9. The molecular formula is C16H13F12NO. The molecule has 0 bridgehead atoms. The third-order valence-corrected chi connectivity index (χ3v) is 3.99. The molecule has 0 fully saturated rings. The first-order valence-electron chi connectivity index (χ1n) is 7.84. The van der Waals surface area contributed by atoms with Crippen molar-refractivity contribution in [2.24, 2.45) is 0 Å². The van der Waals surface area contributed by atoms with E-state index in [0.29, 0.717) is 0 Å². The van der Waals surface area contributed by atoms with Crippen molar-refractivity contribution in [1.29, 1.82) is 0 Å². The summed E-state index contributed by atoms with van der Waals surface area (Å²) in [5, 5.41) is 1.14. The molecule has 0 aromatic heterocycles. The van der Waals surface area contributed by atoms with Gasteiger partial charge in [0.15, 0.2) is 0 Å². The third kappa shape index (κ3) is 3.80. The molecule has 0 saturated carbocycles. The number of hydrogen-bond acceptors (Lipinski definition) is 1. The zero-order valence-corrected chi connectivity index (χ0v) is 14.9. The fraction of sp³-hybridized carbons (Fsp3) is 0.562. The van der Waals surface area contributed by atoms with E-state index in [1.807, 2.05) is 0 Å². The number of anilines is 1. The van der Waals surface area contributed by atoms with Gasteiger partial charge in [-0.1, -0.05) is 32.0 Å². The van der Waals surface area contributed by atoms with Gasteiger partial charge in [-0.3, -0.25) is 4.79 Å². The Hall–Kier alpha value is -2.15. The van der Waals surface area contributed by atoms with E-state index < -0.39 is 53.6 Å². The second-order valence-electron chi connectivity index (χ2n) is 6.42. The van der Waals surface area contributed by atoms with Crippen LogP contribution in [0.3, 0.4) is 0 Å². The Morgan fingerprint density at radius 3 is 1.70 bits per heavy atom. The summed E-state index contributed by atoms with van der Waals surface area (Å²) >= 11 is 0. The van der Waals surface area contributed by atoms with Crippen LogP contribution >= 0.6 is 0 Å². The van der Waals surface area contributed by atoms with Crippen LogP contribution in [0.1, 0.15) is 25.3 Å². The highest BCUT2D eigenvalue weighted by Crippen LogP contribution is 2.58. The van der Waals surface area contributed by atoms with Gasteiger partial charge in [-0.2, -0.15) is 43.9 Å². The van der Waals surface area contributed by atoms with Crippen LogP contribution in [0.2, 0.25) is 0 Å². The molecule has 1 rings (SSSR count). The van der Waals surface area contributed by atoms with Crippen LogP contribution in [-0.2, 0) is 4.79 Å². The van der Waals surface area contributed by atoms with E-state index in [0.717, 1.165) is 17.4 Å². The molecule has 0 aliphatic heterocycles. The monoisotopic (exact) mass is 463 g/mol. The number of amides is 1. The van der Waals surface area contributed by atoms with Crippen molar-refractivity contribution in [3.8, 4) is 0 Å². The lowest BCUT2D eigenvalue weighted by molar-refractivity contribution is -0.406. The summed E-state index contributed by atoms with van der Waals surface area (Å²) in [5.41, 5.74) is -0.535. The van der Waals surface area contributed by atoms with Crippen LogP contribution in [0.25, 0.3) is 0 Å². The largest absolute Gasteiger partial charge is 0.393 e. The number of rotatable bonds is 8. The summed E-state index contributed by atoms with van der Waals surface area (Å²) in [6.45, 7) is 2.91. The molecule has 0 atom stereocenters. The Bertz CT molecular complexity index is 775. The molecular weight excluding hydrogens is 450 g/mol. The molecule has 0 aliphatic rings. The van der Waals surface area contributed by atoms with Crippen molar-refractivity contribution in [2.45, 2.75) is 55.8 Å². The first-order chi connectivity index (χ1) is 13.3. The molecule has 1 amide bonds. The minimum absolute atomic E-state index is 0.0475. The van der Waals surface area contributed by atoms with Crippen LogP contribution < -0.4 is 5.32 Å². The normalized spacial score (nSPS) is 14.4. The highest BCUT2D eigenvalue weighted by molar-refractivity contribution is 5.97. The van der Waals surface area contributed by atoms with E-state index >= 15 is 0 Å². The standard InChI is InChI=1S/C16H13F12NO/c1-7(2)8-5-3-4-6-9(8)29-11(30)13(21,22)15(25,26)16(27,28)14(23,24)12(19,20)10(17)18/h3-7,10H,1-2H3,(H,29,30). The maximum Gasteiger partial charge on any atom is 0.393 e. The predicted molar refractivity (Wildman–Crippen MR) is 79.9 cm³/mol. The molecule has 2 nitrogen and oxygen atoms in total. The lowest BCUT2D eigenvalue weighted by atomic mass is 9.93. The van der Waals surface area contributed by atoms with Crippen LogP contribution in [0, 0.1) is 0 Å². The Morgan fingerprint density at radius 1 is 0.800 bits per heavy atom. The van der Waals surface area contributed by atoms with E-state index in [1.54, 1.807) is 0 Å². The molecule has 1 N–H and O–H groups in total. The topological polar surface area (TPSA) is 29.1 Å². The van der Waals surface area contributed by atoms with Crippen LogP contribution in [0.5, 0.6) is 0 Å². The molecule has 30 heavy (non-hydrogen) atoms. The van der Waals surface area contributed by atoms with Gasteiger partial charge in [0.1, 0.15) is 0 Å². The SMILES string of the molecule is CC(C)c1ccccc1NC(=O)C(F)(F)C(F)(F)C(F)(F)C(F)(F)C(F)(F)C(F)F. The zero-order chi connectivity index (χ0) is 23.9. The van der Waals surface area contributed by atoms with Gasteiger partial charge in [0.25, 0.3) is 0 Å². The summed E-state index contributed by atoms with van der Waals surface area (Å²) in [7, 11) is 0. The minimum atomic E-state index is -7.75. The second kappa shape index (κ2) is 7.84. The average molecular weight is 463 g/mol. The summed E-state index contributed by atoms with van der Waals surface area (Å²) in [6, 6.07) is 4.56. The highest BCUT2D eigenvalue weighted by Gasteiger charge is 2.89. The van der Waals surface area contributed by atoms with Gasteiger partial charge < -0.3 is 5.32 Å². The number of benzene rings is 1. The first kappa shape index (κ1) is 25.9. The molecule has 0 spiro atoms. The van der Waals surface area contributed by atoms with Gasteiger partial charge in [-0.05, 0) is 17.5 Å². The van der Waals surface area contributed by atoms with E-state index in [9.17, 15) is 57.5 Å². The first-order valence-corrected chi connectivity index (χ1v) is 7.84. The number of carbonyl (C=O) groups is 1. The van der Waals surface area contributed by atoms with Gasteiger partial charge in [0.05, 0.1) is 0 Å². The van der Waals surface area contributed by atoms with Crippen molar-refractivity contribution in [2.75, 3.05) is 5.32 Å². The second-order valence-corrected chi connectivity index (χ2v) is 6.42. The lowest BCUT2D eigenvalue weighted by Crippen LogP contribution is -2.70. The Kier molecular flexibility index (Phi) is 6.76. The van der Waals surface area contributed by atoms with E-state index in [1.165, 1.54) is 26.0 Å². The Balaban J connectivity index is 3.40.